The fourth-order valence-corrected chi connectivity index (χ4v) is 3.23. The monoisotopic (exact) mass is 349 g/mol. The number of nitrogens with one attached hydrogen (secondary N) is 1. The third kappa shape index (κ3) is 2.83. The van der Waals surface area contributed by atoms with Crippen molar-refractivity contribution < 1.29 is 9.13 Å². The van der Waals surface area contributed by atoms with Crippen molar-refractivity contribution in [3.63, 3.8) is 0 Å². The second kappa shape index (κ2) is 6.16. The average molecular weight is 350 g/mol. The van der Waals surface area contributed by atoms with Gasteiger partial charge in [0, 0.05) is 6.42 Å². The lowest BCUT2D eigenvalue weighted by molar-refractivity contribution is 0.357. The van der Waals surface area contributed by atoms with Gasteiger partial charge in [0.2, 0.25) is 0 Å². The molecule has 0 saturated heterocycles. The minimum atomic E-state index is -0.236. The summed E-state index contributed by atoms with van der Waals surface area (Å²) in [6.07, 6.45) is 0.937. The van der Waals surface area contributed by atoms with E-state index in [-0.39, 0.29) is 11.9 Å². The number of fused-ring (bicyclic) bond motifs is 1. The highest BCUT2D eigenvalue weighted by molar-refractivity contribution is 9.10. The summed E-state index contributed by atoms with van der Waals surface area (Å²) in [5, 5.41) is 3.44. The molecule has 1 aliphatic rings. The molecule has 2 aromatic carbocycles. The molecular weight excluding hydrogens is 333 g/mol. The standard InChI is InChI=1S/C17H17BrFNO/c1-2-20-17(13-4-3-5-14(19)16(13)18)12-6-7-15-11(10-12)8-9-21-15/h3-7,10,17,20H,2,8-9H2,1H3. The number of benzene rings is 2. The lowest BCUT2D eigenvalue weighted by Gasteiger charge is -2.21. The molecular formula is C17H17BrFNO. The summed E-state index contributed by atoms with van der Waals surface area (Å²) in [4.78, 5) is 0. The maximum atomic E-state index is 13.8. The van der Waals surface area contributed by atoms with Crippen molar-refractivity contribution in [1.82, 2.24) is 5.32 Å². The first-order valence-corrected chi connectivity index (χ1v) is 7.93. The van der Waals surface area contributed by atoms with Gasteiger partial charge in [-0.3, -0.25) is 0 Å². The van der Waals surface area contributed by atoms with E-state index in [1.54, 1.807) is 6.07 Å². The van der Waals surface area contributed by atoms with Crippen LogP contribution in [0, 0.1) is 5.82 Å². The van der Waals surface area contributed by atoms with Crippen molar-refractivity contribution in [2.24, 2.45) is 0 Å². The van der Waals surface area contributed by atoms with E-state index in [1.807, 2.05) is 12.1 Å². The van der Waals surface area contributed by atoms with Crippen molar-refractivity contribution in [1.29, 1.82) is 0 Å². The normalized spacial score (nSPS) is 14.6. The predicted molar refractivity (Wildman–Crippen MR) is 85.3 cm³/mol. The zero-order chi connectivity index (χ0) is 14.8. The number of hydrogen-bond acceptors (Lipinski definition) is 2. The van der Waals surface area contributed by atoms with Crippen LogP contribution in [0.3, 0.4) is 0 Å². The molecule has 21 heavy (non-hydrogen) atoms. The number of rotatable bonds is 4. The molecule has 110 valence electrons. The molecule has 2 aromatic rings. The first-order chi connectivity index (χ1) is 10.2. The Morgan fingerprint density at radius 3 is 3.00 bits per heavy atom. The molecule has 0 radical (unpaired) electrons. The second-order valence-electron chi connectivity index (χ2n) is 5.10. The van der Waals surface area contributed by atoms with Gasteiger partial charge in [0.25, 0.3) is 0 Å². The maximum absolute atomic E-state index is 13.8. The molecule has 2 nitrogen and oxygen atoms in total. The molecule has 0 saturated carbocycles. The third-order valence-corrected chi connectivity index (χ3v) is 4.58. The molecule has 0 amide bonds. The van der Waals surface area contributed by atoms with Crippen LogP contribution >= 0.6 is 15.9 Å². The largest absolute Gasteiger partial charge is 0.493 e. The zero-order valence-electron chi connectivity index (χ0n) is 11.8. The highest BCUT2D eigenvalue weighted by Crippen LogP contribution is 2.34. The lowest BCUT2D eigenvalue weighted by atomic mass is 9.96. The fraction of sp³-hybridized carbons (Fsp3) is 0.294. The molecule has 1 heterocycles. The summed E-state index contributed by atoms with van der Waals surface area (Å²) in [5.41, 5.74) is 3.27. The van der Waals surface area contributed by atoms with Gasteiger partial charge in [0.05, 0.1) is 17.1 Å². The summed E-state index contributed by atoms with van der Waals surface area (Å²) >= 11 is 3.37. The van der Waals surface area contributed by atoms with Crippen LogP contribution in [0.2, 0.25) is 0 Å². The molecule has 1 atom stereocenters. The minimum Gasteiger partial charge on any atom is -0.493 e. The van der Waals surface area contributed by atoms with E-state index in [4.69, 9.17) is 4.74 Å². The fourth-order valence-electron chi connectivity index (χ4n) is 2.74. The molecule has 0 aromatic heterocycles. The third-order valence-electron chi connectivity index (χ3n) is 3.75. The SMILES string of the molecule is CCNC(c1ccc2c(c1)CCO2)c1cccc(F)c1Br. The van der Waals surface area contributed by atoms with Gasteiger partial charge in [0.1, 0.15) is 11.6 Å². The quantitative estimate of drug-likeness (QED) is 0.891. The van der Waals surface area contributed by atoms with Crippen molar-refractivity contribution in [2.75, 3.05) is 13.2 Å². The van der Waals surface area contributed by atoms with Gasteiger partial charge in [-0.05, 0) is 51.3 Å². The van der Waals surface area contributed by atoms with E-state index in [0.717, 1.165) is 36.4 Å². The van der Waals surface area contributed by atoms with Crippen LogP contribution in [0.25, 0.3) is 0 Å². The van der Waals surface area contributed by atoms with Gasteiger partial charge in [-0.2, -0.15) is 0 Å². The van der Waals surface area contributed by atoms with Gasteiger partial charge >= 0.3 is 0 Å². The highest BCUT2D eigenvalue weighted by Gasteiger charge is 2.20. The van der Waals surface area contributed by atoms with E-state index >= 15 is 0 Å². The molecule has 4 heteroatoms. The topological polar surface area (TPSA) is 21.3 Å². The number of halogens is 2. The number of hydrogen-bond donors (Lipinski definition) is 1. The molecule has 3 rings (SSSR count). The second-order valence-corrected chi connectivity index (χ2v) is 5.89. The van der Waals surface area contributed by atoms with Crippen molar-refractivity contribution in [2.45, 2.75) is 19.4 Å². The highest BCUT2D eigenvalue weighted by atomic mass is 79.9. The minimum absolute atomic E-state index is 0.0361. The van der Waals surface area contributed by atoms with Crippen LogP contribution in [0.5, 0.6) is 5.75 Å². The Hall–Kier alpha value is -1.39. The van der Waals surface area contributed by atoms with Gasteiger partial charge in [-0.1, -0.05) is 31.2 Å². The van der Waals surface area contributed by atoms with E-state index < -0.39 is 0 Å². The van der Waals surface area contributed by atoms with Gasteiger partial charge < -0.3 is 10.1 Å². The van der Waals surface area contributed by atoms with E-state index in [1.165, 1.54) is 11.6 Å². The molecule has 0 fully saturated rings. The predicted octanol–water partition coefficient (Wildman–Crippen LogP) is 4.22. The molecule has 0 aliphatic carbocycles. The Balaban J connectivity index is 2.03. The molecule has 1 aliphatic heterocycles. The summed E-state index contributed by atoms with van der Waals surface area (Å²) in [6, 6.07) is 11.3. The van der Waals surface area contributed by atoms with Crippen LogP contribution in [-0.2, 0) is 6.42 Å². The van der Waals surface area contributed by atoms with Crippen LogP contribution in [0.4, 0.5) is 4.39 Å². The number of ether oxygens (including phenoxy) is 1. The average Bonchev–Trinajstić information content (AvgIpc) is 2.95. The Bertz CT molecular complexity index is 659. The van der Waals surface area contributed by atoms with E-state index in [0.29, 0.717) is 4.47 Å². The van der Waals surface area contributed by atoms with Crippen LogP contribution < -0.4 is 10.1 Å². The van der Waals surface area contributed by atoms with Crippen LogP contribution in [-0.4, -0.2) is 13.2 Å². The van der Waals surface area contributed by atoms with Gasteiger partial charge in [-0.15, -0.1) is 0 Å². The Morgan fingerprint density at radius 1 is 1.33 bits per heavy atom. The molecule has 0 spiro atoms. The summed E-state index contributed by atoms with van der Waals surface area (Å²) in [6.45, 7) is 3.60. The smallest absolute Gasteiger partial charge is 0.137 e. The van der Waals surface area contributed by atoms with E-state index in [9.17, 15) is 4.39 Å². The zero-order valence-corrected chi connectivity index (χ0v) is 13.4. The van der Waals surface area contributed by atoms with Crippen molar-refractivity contribution in [3.05, 3.63) is 63.4 Å². The molecule has 1 N–H and O–H groups in total. The summed E-state index contributed by atoms with van der Waals surface area (Å²) in [5.74, 6) is 0.729. The van der Waals surface area contributed by atoms with Crippen LogP contribution in [0.1, 0.15) is 29.7 Å². The Labute approximate surface area is 132 Å². The van der Waals surface area contributed by atoms with E-state index in [2.05, 4.69) is 40.3 Å². The maximum Gasteiger partial charge on any atom is 0.137 e. The molecule has 1 unspecified atom stereocenters. The Kier molecular flexibility index (Phi) is 4.27. The lowest BCUT2D eigenvalue weighted by Crippen LogP contribution is -2.22. The molecule has 0 bridgehead atoms. The first-order valence-electron chi connectivity index (χ1n) is 7.13. The first kappa shape index (κ1) is 14.5. The van der Waals surface area contributed by atoms with Crippen LogP contribution in [0.15, 0.2) is 40.9 Å². The van der Waals surface area contributed by atoms with Crippen molar-refractivity contribution >= 4 is 15.9 Å². The van der Waals surface area contributed by atoms with Gasteiger partial charge in [0.15, 0.2) is 0 Å². The van der Waals surface area contributed by atoms with Gasteiger partial charge in [-0.25, -0.2) is 4.39 Å². The summed E-state index contributed by atoms with van der Waals surface area (Å²) < 4.78 is 19.9. The van der Waals surface area contributed by atoms with Crippen molar-refractivity contribution in [3.8, 4) is 5.75 Å². The Morgan fingerprint density at radius 2 is 2.19 bits per heavy atom. The summed E-state index contributed by atoms with van der Waals surface area (Å²) in [7, 11) is 0.